The van der Waals surface area contributed by atoms with E-state index in [9.17, 15) is 14.7 Å². The number of amides is 2. The number of thioether (sulfide) groups is 1. The number of nitrogens with one attached hydrogen (secondary N) is 2. The summed E-state index contributed by atoms with van der Waals surface area (Å²) in [5, 5.41) is 15.9. The van der Waals surface area contributed by atoms with Gasteiger partial charge in [0, 0.05) is 25.6 Å². The van der Waals surface area contributed by atoms with Crippen LogP contribution in [0.3, 0.4) is 0 Å². The zero-order chi connectivity index (χ0) is 25.4. The normalized spacial score (nSPS) is 12.7. The first kappa shape index (κ1) is 26.4. The number of para-hydroxylation sites is 2. The number of aromatic hydroxyl groups is 1. The molecule has 0 aliphatic carbocycles. The summed E-state index contributed by atoms with van der Waals surface area (Å²) in [4.78, 5) is 26.2. The Morgan fingerprint density at radius 1 is 1.09 bits per heavy atom. The van der Waals surface area contributed by atoms with Crippen molar-refractivity contribution < 1.29 is 19.4 Å². The summed E-state index contributed by atoms with van der Waals surface area (Å²) in [5.74, 6) is -0.824. The van der Waals surface area contributed by atoms with Gasteiger partial charge in [0.2, 0.25) is 5.91 Å². The Hall–Kier alpha value is -3.18. The maximum Gasteiger partial charge on any atom is 0.412 e. The smallest absolute Gasteiger partial charge is 0.412 e. The number of nitrogens with two attached hydrogens (primary N) is 1. The molecule has 9 heteroatoms. The molecule has 5 N–H and O–H groups in total. The molecule has 35 heavy (non-hydrogen) atoms. The van der Waals surface area contributed by atoms with Crippen molar-refractivity contribution in [3.05, 3.63) is 88.0 Å². The predicted molar refractivity (Wildman–Crippen MR) is 150 cm³/mol. The van der Waals surface area contributed by atoms with Gasteiger partial charge in [0.25, 0.3) is 0 Å². The molecular formula is C26H26IN3O4S. The molecule has 0 bridgehead atoms. The third-order valence-corrected chi connectivity index (χ3v) is 6.53. The van der Waals surface area contributed by atoms with Gasteiger partial charge in [-0.25, -0.2) is 4.79 Å². The number of ether oxygens (including phenoxy) is 1. The molecular weight excluding hydrogens is 577 g/mol. The molecule has 0 aromatic heterocycles. The van der Waals surface area contributed by atoms with Crippen molar-refractivity contribution in [1.29, 1.82) is 0 Å². The highest BCUT2D eigenvalue weighted by molar-refractivity contribution is 14.1. The van der Waals surface area contributed by atoms with Crippen LogP contribution in [0, 0.1) is 9.49 Å². The van der Waals surface area contributed by atoms with Gasteiger partial charge in [-0.2, -0.15) is 0 Å². The van der Waals surface area contributed by atoms with Crippen molar-refractivity contribution >= 4 is 63.4 Å². The second-order valence-corrected chi connectivity index (χ2v) is 9.80. The summed E-state index contributed by atoms with van der Waals surface area (Å²) >= 11 is 3.72. The Balaban J connectivity index is 1.77. The lowest BCUT2D eigenvalue weighted by atomic mass is 9.96. The third-order valence-electron chi connectivity index (χ3n) is 5.11. The van der Waals surface area contributed by atoms with Gasteiger partial charge in [0.05, 0.1) is 11.4 Å². The van der Waals surface area contributed by atoms with Crippen LogP contribution in [0.5, 0.6) is 5.75 Å². The molecule has 0 heterocycles. The van der Waals surface area contributed by atoms with E-state index in [1.165, 1.54) is 6.08 Å². The molecule has 3 aromatic rings. The summed E-state index contributed by atoms with van der Waals surface area (Å²) in [6.07, 6.45) is 3.43. The molecule has 2 amide bonds. The van der Waals surface area contributed by atoms with Gasteiger partial charge >= 0.3 is 6.09 Å². The van der Waals surface area contributed by atoms with Crippen LogP contribution in [0.25, 0.3) is 0 Å². The van der Waals surface area contributed by atoms with E-state index in [2.05, 4.69) is 33.2 Å². The summed E-state index contributed by atoms with van der Waals surface area (Å²) in [5.41, 5.74) is 7.86. The first-order valence-corrected chi connectivity index (χ1v) is 13.0. The maximum absolute atomic E-state index is 12.7. The van der Waals surface area contributed by atoms with Crippen molar-refractivity contribution in [2.45, 2.75) is 17.9 Å². The molecule has 0 spiro atoms. The predicted octanol–water partition coefficient (Wildman–Crippen LogP) is 6.42. The molecule has 0 radical (unpaired) electrons. The molecule has 0 fully saturated rings. The lowest BCUT2D eigenvalue weighted by Gasteiger charge is -2.24. The van der Waals surface area contributed by atoms with Crippen molar-refractivity contribution in [3.8, 4) is 5.75 Å². The summed E-state index contributed by atoms with van der Waals surface area (Å²) in [6, 6.07) is 19.4. The van der Waals surface area contributed by atoms with Gasteiger partial charge < -0.3 is 20.9 Å². The number of carbonyl (C=O) groups is 2. The van der Waals surface area contributed by atoms with E-state index in [1.807, 2.05) is 18.4 Å². The van der Waals surface area contributed by atoms with E-state index in [1.54, 1.807) is 79.4 Å². The number of nitrogen functional groups attached to an aromatic ring is 1. The van der Waals surface area contributed by atoms with Crippen LogP contribution in [0.2, 0.25) is 0 Å². The van der Waals surface area contributed by atoms with Crippen LogP contribution in [-0.4, -0.2) is 23.4 Å². The highest BCUT2D eigenvalue weighted by Crippen LogP contribution is 2.35. The fourth-order valence-electron chi connectivity index (χ4n) is 3.27. The number of anilines is 3. The molecule has 0 aliphatic rings. The molecule has 0 saturated heterocycles. The second-order valence-electron chi connectivity index (χ2n) is 7.68. The number of phenols is 1. The molecule has 3 aromatic carbocycles. The minimum atomic E-state index is -0.846. The number of hydrogen-bond donors (Lipinski definition) is 4. The number of carbonyl (C=O) groups excluding carboxylic acids is 2. The Morgan fingerprint density at radius 2 is 1.80 bits per heavy atom. The van der Waals surface area contributed by atoms with Crippen LogP contribution < -0.4 is 16.4 Å². The molecule has 7 nitrogen and oxygen atoms in total. The van der Waals surface area contributed by atoms with Crippen molar-refractivity contribution in [3.63, 3.8) is 0 Å². The fourth-order valence-corrected chi connectivity index (χ4v) is 4.19. The average molecular weight is 603 g/mol. The Labute approximate surface area is 222 Å². The minimum absolute atomic E-state index is 0.00528. The average Bonchev–Trinajstić information content (AvgIpc) is 2.84. The van der Waals surface area contributed by atoms with E-state index in [4.69, 9.17) is 10.5 Å². The number of halogens is 1. The second kappa shape index (κ2) is 12.5. The highest BCUT2D eigenvalue weighted by atomic mass is 127. The van der Waals surface area contributed by atoms with Crippen LogP contribution in [-0.2, 0) is 9.53 Å². The molecule has 0 unspecified atom stereocenters. The van der Waals surface area contributed by atoms with Gasteiger partial charge in [-0.05, 0) is 89.5 Å². The SMILES string of the molecule is CSc1ccc(NC(=O)O[C@@H](c2cc(I)ccc2O)[C@@H](C)/C=C/C(=O)Nc2ccccc2N)cc1. The van der Waals surface area contributed by atoms with Crippen LogP contribution in [0.4, 0.5) is 21.9 Å². The molecule has 0 saturated carbocycles. The van der Waals surface area contributed by atoms with Crippen LogP contribution in [0.15, 0.2) is 83.8 Å². The number of benzene rings is 3. The largest absolute Gasteiger partial charge is 0.508 e. The monoisotopic (exact) mass is 603 g/mol. The first-order chi connectivity index (χ1) is 16.8. The van der Waals surface area contributed by atoms with E-state index in [-0.39, 0.29) is 11.7 Å². The Morgan fingerprint density at radius 3 is 2.49 bits per heavy atom. The van der Waals surface area contributed by atoms with Crippen molar-refractivity contribution in [2.24, 2.45) is 5.92 Å². The topological polar surface area (TPSA) is 114 Å². The van der Waals surface area contributed by atoms with Crippen LogP contribution >= 0.6 is 34.4 Å². The Bertz CT molecular complexity index is 1220. The molecule has 182 valence electrons. The lowest BCUT2D eigenvalue weighted by Crippen LogP contribution is -2.21. The van der Waals surface area contributed by atoms with E-state index >= 15 is 0 Å². The standard InChI is InChI=1S/C26H26IN3O4S/c1-16(7-14-24(32)30-22-6-4-3-5-21(22)28)25(20-15-17(27)8-13-23(20)31)34-26(33)29-18-9-11-19(35-2)12-10-18/h3-16,25,31H,28H2,1-2H3,(H,29,33)(H,30,32)/b14-7+/t16-,25+/m0/s1. The molecule has 3 rings (SSSR count). The zero-order valence-electron chi connectivity index (χ0n) is 19.2. The third kappa shape index (κ3) is 7.66. The fraction of sp³-hybridized carbons (Fsp3) is 0.154. The van der Waals surface area contributed by atoms with Crippen LogP contribution in [0.1, 0.15) is 18.6 Å². The van der Waals surface area contributed by atoms with Gasteiger partial charge in [0.1, 0.15) is 11.9 Å². The molecule has 2 atom stereocenters. The van der Waals surface area contributed by atoms with E-state index in [0.29, 0.717) is 22.6 Å². The Kier molecular flexibility index (Phi) is 9.44. The summed E-state index contributed by atoms with van der Waals surface area (Å²) in [6.45, 7) is 1.80. The summed E-state index contributed by atoms with van der Waals surface area (Å²) in [7, 11) is 0. The van der Waals surface area contributed by atoms with E-state index in [0.717, 1.165) is 8.47 Å². The summed E-state index contributed by atoms with van der Waals surface area (Å²) < 4.78 is 6.61. The lowest BCUT2D eigenvalue weighted by molar-refractivity contribution is -0.111. The highest BCUT2D eigenvalue weighted by Gasteiger charge is 2.25. The number of hydrogen-bond acceptors (Lipinski definition) is 6. The van der Waals surface area contributed by atoms with Gasteiger partial charge in [0.15, 0.2) is 0 Å². The zero-order valence-corrected chi connectivity index (χ0v) is 22.2. The first-order valence-electron chi connectivity index (χ1n) is 10.7. The van der Waals surface area contributed by atoms with E-state index < -0.39 is 18.1 Å². The number of phenolic OH excluding ortho intramolecular Hbond substituents is 1. The quantitative estimate of drug-likeness (QED) is 0.102. The van der Waals surface area contributed by atoms with Gasteiger partial charge in [-0.15, -0.1) is 11.8 Å². The van der Waals surface area contributed by atoms with Gasteiger partial charge in [-0.3, -0.25) is 10.1 Å². The maximum atomic E-state index is 12.7. The minimum Gasteiger partial charge on any atom is -0.508 e. The number of rotatable bonds is 8. The van der Waals surface area contributed by atoms with Gasteiger partial charge in [-0.1, -0.05) is 25.1 Å². The van der Waals surface area contributed by atoms with Crippen molar-refractivity contribution in [2.75, 3.05) is 22.6 Å². The van der Waals surface area contributed by atoms with Crippen molar-refractivity contribution in [1.82, 2.24) is 0 Å². The molecule has 0 aliphatic heterocycles.